The first-order valence-corrected chi connectivity index (χ1v) is 6.13. The van der Waals surface area contributed by atoms with E-state index in [1.54, 1.807) is 31.2 Å². The Bertz CT molecular complexity index is 599. The van der Waals surface area contributed by atoms with E-state index in [1.807, 2.05) is 0 Å². The second-order valence-electron chi connectivity index (χ2n) is 4.33. The molecule has 2 aromatic carbocycles. The van der Waals surface area contributed by atoms with Crippen LogP contribution in [-0.2, 0) is 4.79 Å². The predicted molar refractivity (Wildman–Crippen MR) is 76.0 cm³/mol. The fraction of sp³-hybridized carbons (Fsp3) is 0.133. The lowest BCUT2D eigenvalue weighted by Crippen LogP contribution is -2.30. The van der Waals surface area contributed by atoms with Crippen molar-refractivity contribution in [2.45, 2.75) is 13.0 Å². The third-order valence-electron chi connectivity index (χ3n) is 2.65. The first-order chi connectivity index (χ1) is 9.54. The second-order valence-corrected chi connectivity index (χ2v) is 4.33. The van der Waals surface area contributed by atoms with Crippen LogP contribution in [0.4, 0.5) is 15.8 Å². The summed E-state index contributed by atoms with van der Waals surface area (Å²) in [6.07, 6.45) is -0.693. The van der Waals surface area contributed by atoms with Crippen LogP contribution in [0.15, 0.2) is 48.5 Å². The Hall–Kier alpha value is -2.56. The molecule has 0 saturated carbocycles. The number of nitrogens with one attached hydrogen (secondary N) is 1. The van der Waals surface area contributed by atoms with Gasteiger partial charge in [0.1, 0.15) is 11.6 Å². The summed E-state index contributed by atoms with van der Waals surface area (Å²) >= 11 is 0. The van der Waals surface area contributed by atoms with Crippen LogP contribution in [0.25, 0.3) is 0 Å². The molecule has 0 fully saturated rings. The maximum Gasteiger partial charge on any atom is 0.265 e. The highest BCUT2D eigenvalue weighted by Crippen LogP contribution is 2.17. The first kappa shape index (κ1) is 13.9. The maximum absolute atomic E-state index is 12.8. The molecule has 5 heteroatoms. The molecule has 0 spiro atoms. The molecule has 0 aliphatic carbocycles. The summed E-state index contributed by atoms with van der Waals surface area (Å²) < 4.78 is 18.2. The van der Waals surface area contributed by atoms with Crippen molar-refractivity contribution in [2.24, 2.45) is 0 Å². The number of halogens is 1. The number of anilines is 2. The molecule has 0 aliphatic heterocycles. The molecule has 20 heavy (non-hydrogen) atoms. The van der Waals surface area contributed by atoms with Crippen molar-refractivity contribution >= 4 is 17.3 Å². The number of amides is 1. The van der Waals surface area contributed by atoms with Crippen molar-refractivity contribution in [3.05, 3.63) is 54.3 Å². The van der Waals surface area contributed by atoms with Gasteiger partial charge in [-0.25, -0.2) is 4.39 Å². The number of hydrogen-bond donors (Lipinski definition) is 2. The molecule has 1 amide bonds. The van der Waals surface area contributed by atoms with Crippen molar-refractivity contribution in [1.29, 1.82) is 0 Å². The zero-order valence-electron chi connectivity index (χ0n) is 11.0. The molecule has 0 bridgehead atoms. The van der Waals surface area contributed by atoms with Crippen molar-refractivity contribution in [1.82, 2.24) is 0 Å². The normalized spacial score (nSPS) is 11.7. The molecule has 0 radical (unpaired) electrons. The molecule has 4 nitrogen and oxygen atoms in total. The van der Waals surface area contributed by atoms with E-state index < -0.39 is 6.10 Å². The molecular weight excluding hydrogens is 259 g/mol. The lowest BCUT2D eigenvalue weighted by molar-refractivity contribution is -0.122. The monoisotopic (exact) mass is 274 g/mol. The Labute approximate surface area is 116 Å². The van der Waals surface area contributed by atoms with Gasteiger partial charge in [0.15, 0.2) is 6.10 Å². The number of rotatable bonds is 4. The number of nitrogen functional groups attached to an aromatic ring is 1. The number of carbonyl (C=O) groups is 1. The number of nitrogens with two attached hydrogens (primary N) is 1. The summed E-state index contributed by atoms with van der Waals surface area (Å²) in [4.78, 5) is 11.9. The highest BCUT2D eigenvalue weighted by molar-refractivity contribution is 5.94. The smallest absolute Gasteiger partial charge is 0.265 e. The minimum Gasteiger partial charge on any atom is -0.481 e. The fourth-order valence-corrected chi connectivity index (χ4v) is 1.62. The van der Waals surface area contributed by atoms with E-state index in [9.17, 15) is 9.18 Å². The molecule has 2 aromatic rings. The van der Waals surface area contributed by atoms with E-state index in [0.29, 0.717) is 17.1 Å². The summed E-state index contributed by atoms with van der Waals surface area (Å²) in [5, 5.41) is 2.64. The Morgan fingerprint density at radius 3 is 2.60 bits per heavy atom. The molecule has 0 aromatic heterocycles. The van der Waals surface area contributed by atoms with Crippen LogP contribution in [0.1, 0.15) is 6.92 Å². The van der Waals surface area contributed by atoms with E-state index in [4.69, 9.17) is 10.5 Å². The van der Waals surface area contributed by atoms with Gasteiger partial charge in [-0.1, -0.05) is 6.07 Å². The molecule has 3 N–H and O–H groups in total. The first-order valence-electron chi connectivity index (χ1n) is 6.13. The Kier molecular flexibility index (Phi) is 4.20. The average molecular weight is 274 g/mol. The Morgan fingerprint density at radius 1 is 1.25 bits per heavy atom. The second kappa shape index (κ2) is 6.06. The number of hydrogen-bond acceptors (Lipinski definition) is 3. The van der Waals surface area contributed by atoms with Gasteiger partial charge >= 0.3 is 0 Å². The van der Waals surface area contributed by atoms with Crippen molar-refractivity contribution in [3.8, 4) is 5.75 Å². The minimum atomic E-state index is -0.693. The molecule has 1 atom stereocenters. The van der Waals surface area contributed by atoms with Crippen LogP contribution in [0.2, 0.25) is 0 Å². The summed E-state index contributed by atoms with van der Waals surface area (Å²) in [6.45, 7) is 1.63. The number of carbonyl (C=O) groups excluding carboxylic acids is 1. The van der Waals surface area contributed by atoms with Gasteiger partial charge < -0.3 is 15.8 Å². The fourth-order valence-electron chi connectivity index (χ4n) is 1.62. The van der Waals surface area contributed by atoms with Crippen LogP contribution in [-0.4, -0.2) is 12.0 Å². The van der Waals surface area contributed by atoms with Crippen LogP contribution < -0.4 is 15.8 Å². The van der Waals surface area contributed by atoms with Crippen LogP contribution in [0.3, 0.4) is 0 Å². The third kappa shape index (κ3) is 3.71. The molecule has 104 valence electrons. The molecule has 2 rings (SSSR count). The van der Waals surface area contributed by atoms with Crippen LogP contribution in [0.5, 0.6) is 5.75 Å². The van der Waals surface area contributed by atoms with Gasteiger partial charge in [0.25, 0.3) is 5.91 Å². The molecular formula is C15H15FN2O2. The molecule has 0 saturated heterocycles. The van der Waals surface area contributed by atoms with Gasteiger partial charge in [-0.3, -0.25) is 4.79 Å². The van der Waals surface area contributed by atoms with Gasteiger partial charge in [-0.2, -0.15) is 0 Å². The van der Waals surface area contributed by atoms with Crippen LogP contribution >= 0.6 is 0 Å². The number of ether oxygens (including phenoxy) is 1. The lowest BCUT2D eigenvalue weighted by atomic mass is 10.2. The average Bonchev–Trinajstić information content (AvgIpc) is 2.41. The van der Waals surface area contributed by atoms with Gasteiger partial charge in [0, 0.05) is 17.4 Å². The van der Waals surface area contributed by atoms with Crippen molar-refractivity contribution < 1.29 is 13.9 Å². The lowest BCUT2D eigenvalue weighted by Gasteiger charge is -2.15. The van der Waals surface area contributed by atoms with Gasteiger partial charge in [0.05, 0.1) is 0 Å². The summed E-state index contributed by atoms with van der Waals surface area (Å²) in [6, 6.07) is 12.4. The van der Waals surface area contributed by atoms with Crippen molar-refractivity contribution in [3.63, 3.8) is 0 Å². The molecule has 0 heterocycles. The summed E-state index contributed by atoms with van der Waals surface area (Å²) in [5.41, 5.74) is 6.71. The highest BCUT2D eigenvalue weighted by Gasteiger charge is 2.14. The third-order valence-corrected chi connectivity index (χ3v) is 2.65. The van der Waals surface area contributed by atoms with E-state index in [-0.39, 0.29) is 11.7 Å². The molecule has 0 aliphatic rings. The zero-order valence-corrected chi connectivity index (χ0v) is 11.0. The topological polar surface area (TPSA) is 64.3 Å². The highest BCUT2D eigenvalue weighted by atomic mass is 19.1. The standard InChI is InChI=1S/C15H15FN2O2/c1-10(20-14-4-2-3-12(17)9-14)15(19)18-13-7-5-11(16)6-8-13/h2-10H,17H2,1H3,(H,18,19)/t10-/m0/s1. The summed E-state index contributed by atoms with van der Waals surface area (Å²) in [7, 11) is 0. The largest absolute Gasteiger partial charge is 0.481 e. The molecule has 0 unspecified atom stereocenters. The van der Waals surface area contributed by atoms with Gasteiger partial charge in [-0.15, -0.1) is 0 Å². The maximum atomic E-state index is 12.8. The Morgan fingerprint density at radius 2 is 1.95 bits per heavy atom. The van der Waals surface area contributed by atoms with E-state index in [1.165, 1.54) is 24.3 Å². The van der Waals surface area contributed by atoms with E-state index >= 15 is 0 Å². The quantitative estimate of drug-likeness (QED) is 0.843. The predicted octanol–water partition coefficient (Wildman–Crippen LogP) is 2.81. The number of benzene rings is 2. The summed E-state index contributed by atoms with van der Waals surface area (Å²) in [5.74, 6) is -0.155. The van der Waals surface area contributed by atoms with E-state index in [2.05, 4.69) is 5.32 Å². The minimum absolute atomic E-state index is 0.320. The van der Waals surface area contributed by atoms with E-state index in [0.717, 1.165) is 0 Å². The van der Waals surface area contributed by atoms with Gasteiger partial charge in [-0.05, 0) is 43.3 Å². The Balaban J connectivity index is 1.96. The van der Waals surface area contributed by atoms with Gasteiger partial charge in [0.2, 0.25) is 0 Å². The van der Waals surface area contributed by atoms with Crippen molar-refractivity contribution in [2.75, 3.05) is 11.1 Å². The van der Waals surface area contributed by atoms with Crippen LogP contribution in [0, 0.1) is 5.82 Å². The zero-order chi connectivity index (χ0) is 14.5. The SMILES string of the molecule is C[C@H](Oc1cccc(N)c1)C(=O)Nc1ccc(F)cc1.